The number of azo groups is 1. The molecule has 1 spiro atoms. The highest BCUT2D eigenvalue weighted by molar-refractivity contribution is 5.97. The zero-order valence-electron chi connectivity index (χ0n) is 95.1. The Labute approximate surface area is 861 Å². The summed E-state index contributed by atoms with van der Waals surface area (Å²) in [6.45, 7) is 130. The number of aliphatic hydroxyl groups is 1. The number of ketones is 1. The van der Waals surface area contributed by atoms with Gasteiger partial charge in [-0.2, -0.15) is 10.2 Å². The van der Waals surface area contributed by atoms with E-state index in [0.717, 1.165) is 103 Å². The molecule has 1 aromatic rings. The number of aliphatic imine (C=N–C) groups is 1. The van der Waals surface area contributed by atoms with Crippen LogP contribution in [0.4, 0.5) is 0 Å². The van der Waals surface area contributed by atoms with Crippen molar-refractivity contribution in [2.45, 2.75) is 535 Å². The van der Waals surface area contributed by atoms with Crippen molar-refractivity contribution < 1.29 is 52.3 Å². The number of ether oxygens (including phenoxy) is 8. The third kappa shape index (κ3) is 44.3. The van der Waals surface area contributed by atoms with E-state index in [4.69, 9.17) is 47.4 Å². The molecular formula is C123H240N4O11. The van der Waals surface area contributed by atoms with Crippen LogP contribution in [-0.4, -0.2) is 85.9 Å². The monoisotopic (exact) mass is 1950 g/mol. The molecule has 9 aliphatic rings. The van der Waals surface area contributed by atoms with Crippen molar-refractivity contribution in [3.05, 3.63) is 108 Å². The molecule has 818 valence electrons. The predicted octanol–water partition coefficient (Wildman–Crippen LogP) is 39.2. The van der Waals surface area contributed by atoms with Crippen molar-refractivity contribution in [1.82, 2.24) is 5.16 Å². The number of carbonyl (C=O) groups excluding carboxylic acids is 1. The Balaban J connectivity index is -0.000000228. The molecule has 1 unspecified atom stereocenters. The first kappa shape index (κ1) is 148. The fourth-order valence-corrected chi connectivity index (χ4v) is 17.1. The maximum atomic E-state index is 12.0. The summed E-state index contributed by atoms with van der Waals surface area (Å²) >= 11 is 0. The average Bonchev–Trinajstić information content (AvgIpc) is 1.60. The molecule has 9 heterocycles. The topological polar surface area (TPSA) is 174 Å². The Morgan fingerprint density at radius 1 is 0.312 bits per heavy atom. The molecule has 10 rings (SSSR count). The summed E-state index contributed by atoms with van der Waals surface area (Å²) in [4.78, 5) is 16.7. The maximum absolute atomic E-state index is 12.0. The van der Waals surface area contributed by atoms with Gasteiger partial charge in [-0.15, -0.1) is 0 Å². The third-order valence-electron chi connectivity index (χ3n) is 23.5. The molecule has 8 aliphatic heterocycles. The minimum absolute atomic E-state index is 0. The highest BCUT2D eigenvalue weighted by Crippen LogP contribution is 2.55. The zero-order chi connectivity index (χ0) is 102. The van der Waals surface area contributed by atoms with Crippen LogP contribution in [0, 0.1) is 93.6 Å². The Kier molecular flexibility index (Phi) is 56.4. The van der Waals surface area contributed by atoms with Gasteiger partial charge in [-0.25, -0.2) is 0 Å². The highest BCUT2D eigenvalue weighted by atomic mass is 16.7. The second kappa shape index (κ2) is 52.6. The summed E-state index contributed by atoms with van der Waals surface area (Å²) in [6.07, 6.45) is 7.93. The van der Waals surface area contributed by atoms with Gasteiger partial charge in [0.1, 0.15) is 59.3 Å². The highest BCUT2D eigenvalue weighted by Gasteiger charge is 2.53. The molecule has 0 amide bonds. The lowest BCUT2D eigenvalue weighted by Crippen LogP contribution is -2.42. The zero-order valence-corrected chi connectivity index (χ0v) is 95.1. The van der Waals surface area contributed by atoms with E-state index in [1.807, 2.05) is 13.8 Å². The van der Waals surface area contributed by atoms with Crippen LogP contribution in [0.15, 0.2) is 110 Å². The van der Waals surface area contributed by atoms with Gasteiger partial charge in [0, 0.05) is 114 Å². The van der Waals surface area contributed by atoms with Crippen LogP contribution in [0.3, 0.4) is 0 Å². The first-order chi connectivity index (χ1) is 56.9. The molecule has 1 aliphatic carbocycles. The van der Waals surface area contributed by atoms with E-state index in [9.17, 15) is 9.90 Å². The van der Waals surface area contributed by atoms with Gasteiger partial charge >= 0.3 is 0 Å². The standard InChI is InChI=1S/C14H24O2.C14H26O2.C13H23N.C13H22O2.C13H24O.C12H21NO.C12H22O2.C12H22O.C11H20N2.9CH4/c1-12(2,3)10-11(13(4,5)6)16-14(15-10)8-7-9-14;1-12(2,3)10-11(13(4,5)6)16-9-8-14(10,7)15;1-9-8-10(12(2,3)4)11(14-9)13(5,6)7;1-12(2,3)10-9(14)7-8-15-11(10)13(4,5)6;1-12(2,3)10-8-7-9-14-11(10)13(4,5)6;1-8-9(11(2,3)4)10(14-13-8)12(5,6)7;1-11(2,3)9-10(12(4,5)6)14-8-7-13-9;1-11(2,3)9-7-13-8-10(9)12(4,5)6;1-10(2,3)8-7-12-13-9(8)11(4,5)6;;;;;;;;;/h7-9H2,1-6H3;15H,8-9H2,1-7H3;8H2,1-7H3;7-8H2,1-6H3;7-9H2,1-6H3;1-7H3;7-8H2,1-6H3;7-8H2,1-6H3;7H2,1-6H3;9*1H4. The lowest BCUT2D eigenvalue weighted by atomic mass is 9.70. The molecule has 15 nitrogen and oxygen atoms in total. The van der Waals surface area contributed by atoms with Crippen molar-refractivity contribution >= 4 is 11.5 Å². The molecule has 1 atom stereocenters. The van der Waals surface area contributed by atoms with Gasteiger partial charge in [0.15, 0.2) is 5.78 Å². The fraction of sp³-hybridized carbons (Fsp3) is 0.829. The molecule has 15 heteroatoms. The Morgan fingerprint density at radius 2 is 0.659 bits per heavy atom. The molecule has 0 saturated heterocycles. The normalized spacial score (nSPS) is 18.9. The van der Waals surface area contributed by atoms with Gasteiger partial charge in [0.05, 0.1) is 56.6 Å². The predicted molar refractivity (Wildman–Crippen MR) is 608 cm³/mol. The average molecular weight is 1950 g/mol. The number of Topliss-reactive ketones (excluding diaryl/α,β-unsaturated/α-hetero) is 1. The van der Waals surface area contributed by atoms with Gasteiger partial charge in [0.25, 0.3) is 5.79 Å². The Morgan fingerprint density at radius 3 is 0.920 bits per heavy atom. The van der Waals surface area contributed by atoms with E-state index in [2.05, 4.69) is 396 Å². The van der Waals surface area contributed by atoms with Crippen LogP contribution in [0.25, 0.3) is 0 Å². The summed E-state index contributed by atoms with van der Waals surface area (Å²) < 4.78 is 52.2. The SMILES string of the molecule is C.C.C.C.C.C.C.C.C.CC(C)(C)C1=C(C(C)(C)C)C(=O)CCO1.CC(C)(C)C1=C(C(C)(C)C)C(C)(O)CCO1.CC(C)(C)C1=C(C(C)(C)C)COC1.CC(C)(C)C1=C(C(C)(C)C)N=NC1.CC(C)(C)C1=C(C(C)(C)C)OC2(CCC2)O1.CC(C)(C)C1=C(C(C)(C)C)OCCC1.CC(C)(C)C1=C(C(C)(C)C)OCCO1.CC1=NC(C(C)(C)C)=C(C(C)(C)C)C1.Cc1noc(C(C)(C)C)c1C(C)(C)C. The van der Waals surface area contributed by atoms with Crippen LogP contribution in [0.5, 0.6) is 0 Å². The summed E-state index contributed by atoms with van der Waals surface area (Å²) in [5.41, 5.74) is 16.3. The van der Waals surface area contributed by atoms with Gasteiger partial charge in [0.2, 0.25) is 0 Å². The molecule has 0 aromatic carbocycles. The van der Waals surface area contributed by atoms with E-state index in [0.29, 0.717) is 39.3 Å². The smallest absolute Gasteiger partial charge is 0.250 e. The summed E-state index contributed by atoms with van der Waals surface area (Å²) in [5.74, 6) is 8.18. The van der Waals surface area contributed by atoms with Crippen molar-refractivity contribution in [1.29, 1.82) is 0 Å². The molecular weight excluding hydrogens is 1710 g/mol. The van der Waals surface area contributed by atoms with Crippen LogP contribution >= 0.6 is 0 Å². The fourth-order valence-electron chi connectivity index (χ4n) is 17.1. The molecule has 1 saturated carbocycles. The first-order valence-electron chi connectivity index (χ1n) is 49.1. The number of rotatable bonds is 0. The minimum Gasteiger partial charge on any atom is -0.497 e. The lowest BCUT2D eigenvalue weighted by Gasteiger charge is -2.43. The van der Waals surface area contributed by atoms with E-state index in [1.165, 1.54) is 75.6 Å². The van der Waals surface area contributed by atoms with Crippen molar-refractivity contribution in [3.8, 4) is 0 Å². The van der Waals surface area contributed by atoms with Gasteiger partial charge < -0.3 is 47.5 Å². The Hall–Kier alpha value is -5.41. The molecule has 138 heavy (non-hydrogen) atoms. The number of hydrogen-bond acceptors (Lipinski definition) is 15. The molecule has 1 fully saturated rings. The Bertz CT molecular complexity index is 4050. The van der Waals surface area contributed by atoms with Crippen LogP contribution in [0.2, 0.25) is 0 Å². The largest absolute Gasteiger partial charge is 0.497 e. The van der Waals surface area contributed by atoms with Crippen LogP contribution in [0.1, 0.15) is 523 Å². The van der Waals surface area contributed by atoms with Crippen LogP contribution < -0.4 is 0 Å². The molecule has 0 radical (unpaired) electrons. The maximum Gasteiger partial charge on any atom is 0.250 e. The first-order valence-corrected chi connectivity index (χ1v) is 49.1. The second-order valence-electron chi connectivity index (χ2n) is 56.5. The summed E-state index contributed by atoms with van der Waals surface area (Å²) in [6, 6.07) is 0. The van der Waals surface area contributed by atoms with Crippen molar-refractivity contribution in [2.24, 2.45) is 102 Å². The molecule has 1 aromatic heterocycles. The van der Waals surface area contributed by atoms with Crippen molar-refractivity contribution in [2.75, 3.05) is 52.8 Å². The minimum atomic E-state index is -0.737. The number of carbonyl (C=O) groups is 1. The quantitative estimate of drug-likeness (QED) is 0.244. The van der Waals surface area contributed by atoms with E-state index >= 15 is 0 Å². The summed E-state index contributed by atoms with van der Waals surface area (Å²) in [5, 5.41) is 23.0. The van der Waals surface area contributed by atoms with E-state index in [1.54, 1.807) is 0 Å². The number of aromatic nitrogens is 1. The molecule has 1 N–H and O–H groups in total. The number of aryl methyl sites for hydroxylation is 1. The van der Waals surface area contributed by atoms with E-state index in [-0.39, 0.29) is 176 Å². The second-order valence-corrected chi connectivity index (χ2v) is 56.5. The van der Waals surface area contributed by atoms with Gasteiger partial charge in [-0.3, -0.25) is 9.79 Å². The summed E-state index contributed by atoms with van der Waals surface area (Å²) in [7, 11) is 0. The molecule has 0 bridgehead atoms. The van der Waals surface area contributed by atoms with Crippen molar-refractivity contribution in [3.63, 3.8) is 0 Å². The number of hydrogen-bond donors (Lipinski definition) is 1. The third-order valence-corrected chi connectivity index (χ3v) is 23.5. The number of nitrogens with zero attached hydrogens (tertiary/aromatic N) is 4. The number of allylic oxidation sites excluding steroid dienone is 12. The van der Waals surface area contributed by atoms with E-state index < -0.39 is 5.60 Å². The van der Waals surface area contributed by atoms with Crippen LogP contribution in [-0.2, 0) is 53.5 Å². The van der Waals surface area contributed by atoms with Gasteiger partial charge in [-0.05, 0) is 111 Å². The lowest BCUT2D eigenvalue weighted by molar-refractivity contribution is -0.212. The van der Waals surface area contributed by atoms with Gasteiger partial charge in [-0.1, -0.05) is 446 Å².